The topological polar surface area (TPSA) is 48.9 Å². The molecule has 1 heterocycles. The fourth-order valence-corrected chi connectivity index (χ4v) is 1.77. The summed E-state index contributed by atoms with van der Waals surface area (Å²) in [6.45, 7) is 6.21. The molecule has 0 bridgehead atoms. The maximum absolute atomic E-state index is 7.67. The zero-order valence-corrected chi connectivity index (χ0v) is 9.42. The van der Waals surface area contributed by atoms with Gasteiger partial charge < -0.3 is 9.72 Å². The van der Waals surface area contributed by atoms with Crippen LogP contribution in [-0.4, -0.2) is 17.5 Å². The second-order valence-corrected chi connectivity index (χ2v) is 3.51. The van der Waals surface area contributed by atoms with Crippen LogP contribution in [0.3, 0.4) is 0 Å². The quantitative estimate of drug-likeness (QED) is 0.448. The first-order valence-electron chi connectivity index (χ1n) is 4.48. The van der Waals surface area contributed by atoms with Crippen LogP contribution in [0.15, 0.2) is 6.07 Å². The molecule has 0 unspecified atom stereocenters. The Balaban J connectivity index is 3.21. The van der Waals surface area contributed by atoms with E-state index in [2.05, 4.69) is 4.98 Å². The fourth-order valence-electron chi connectivity index (χ4n) is 1.35. The monoisotopic (exact) mass is 210 g/mol. The van der Waals surface area contributed by atoms with E-state index < -0.39 is 0 Å². The lowest BCUT2D eigenvalue weighted by Gasteiger charge is -2.08. The van der Waals surface area contributed by atoms with Crippen LogP contribution in [0.4, 0.5) is 0 Å². The van der Waals surface area contributed by atoms with Crippen LogP contribution < -0.4 is 0 Å². The molecule has 0 aliphatic rings. The number of ether oxygens (including phenoxy) is 1. The van der Waals surface area contributed by atoms with Crippen LogP contribution in [0.25, 0.3) is 0 Å². The third-order valence-corrected chi connectivity index (χ3v) is 2.19. The molecule has 0 radical (unpaired) electrons. The van der Waals surface area contributed by atoms with E-state index in [0.29, 0.717) is 16.8 Å². The molecule has 1 aromatic heterocycles. The number of pyridine rings is 1. The van der Waals surface area contributed by atoms with Gasteiger partial charge in [-0.25, -0.2) is 0 Å². The number of H-pyrrole nitrogens is 1. The minimum Gasteiger partial charge on any atom is -0.478 e. The van der Waals surface area contributed by atoms with Crippen molar-refractivity contribution in [2.75, 3.05) is 6.61 Å². The van der Waals surface area contributed by atoms with Crippen LogP contribution in [0.2, 0.25) is 0 Å². The highest BCUT2D eigenvalue weighted by Gasteiger charge is 2.08. The molecule has 0 spiro atoms. The van der Waals surface area contributed by atoms with Gasteiger partial charge in [-0.05, 0) is 32.4 Å². The highest BCUT2D eigenvalue weighted by Crippen LogP contribution is 2.11. The zero-order chi connectivity index (χ0) is 10.7. The van der Waals surface area contributed by atoms with E-state index in [9.17, 15) is 0 Å². The maximum Gasteiger partial charge on any atom is 0.216 e. The Hall–Kier alpha value is -1.16. The van der Waals surface area contributed by atoms with Gasteiger partial charge in [-0.15, -0.1) is 0 Å². The Morgan fingerprint density at radius 3 is 2.71 bits per heavy atom. The number of rotatable bonds is 2. The van der Waals surface area contributed by atoms with Gasteiger partial charge in [0.15, 0.2) is 0 Å². The fraction of sp³-hybridized carbons (Fsp3) is 0.400. The van der Waals surface area contributed by atoms with Crippen LogP contribution in [0, 0.1) is 23.9 Å². The summed E-state index contributed by atoms with van der Waals surface area (Å²) in [7, 11) is 0. The van der Waals surface area contributed by atoms with E-state index in [4.69, 9.17) is 22.4 Å². The zero-order valence-electron chi connectivity index (χ0n) is 8.60. The summed E-state index contributed by atoms with van der Waals surface area (Å²) in [5, 5.41) is 7.67. The van der Waals surface area contributed by atoms with Crippen molar-refractivity contribution in [3.05, 3.63) is 27.5 Å². The molecule has 0 saturated carbocycles. The van der Waals surface area contributed by atoms with Crippen molar-refractivity contribution in [3.63, 3.8) is 0 Å². The molecule has 76 valence electrons. The molecule has 1 aromatic rings. The second-order valence-electron chi connectivity index (χ2n) is 3.10. The summed E-state index contributed by atoms with van der Waals surface area (Å²) in [5.74, 6) is 0.145. The maximum atomic E-state index is 7.67. The van der Waals surface area contributed by atoms with Crippen LogP contribution in [0.5, 0.6) is 0 Å². The van der Waals surface area contributed by atoms with Gasteiger partial charge in [-0.1, -0.05) is 12.2 Å². The first-order valence-corrected chi connectivity index (χ1v) is 4.89. The van der Waals surface area contributed by atoms with Crippen LogP contribution in [-0.2, 0) is 4.74 Å². The number of hydrogen-bond donors (Lipinski definition) is 2. The first-order chi connectivity index (χ1) is 6.56. The van der Waals surface area contributed by atoms with E-state index in [0.717, 1.165) is 11.3 Å². The van der Waals surface area contributed by atoms with E-state index in [1.807, 2.05) is 26.8 Å². The number of aryl methyl sites for hydroxylation is 2. The van der Waals surface area contributed by atoms with Crippen molar-refractivity contribution in [2.45, 2.75) is 20.8 Å². The van der Waals surface area contributed by atoms with E-state index in [-0.39, 0.29) is 5.90 Å². The minimum atomic E-state index is 0.145. The summed E-state index contributed by atoms with van der Waals surface area (Å²) in [6.07, 6.45) is 0. The number of nitrogens with one attached hydrogen (secondary N) is 2. The molecule has 0 atom stereocenters. The van der Waals surface area contributed by atoms with E-state index >= 15 is 0 Å². The average molecular weight is 210 g/mol. The lowest BCUT2D eigenvalue weighted by Crippen LogP contribution is -2.09. The average Bonchev–Trinajstić information content (AvgIpc) is 2.01. The Kier molecular flexibility index (Phi) is 3.41. The van der Waals surface area contributed by atoms with Crippen molar-refractivity contribution < 1.29 is 4.74 Å². The van der Waals surface area contributed by atoms with E-state index in [1.54, 1.807) is 0 Å². The Morgan fingerprint density at radius 1 is 1.57 bits per heavy atom. The van der Waals surface area contributed by atoms with Crippen LogP contribution >= 0.6 is 12.2 Å². The molecule has 0 saturated heterocycles. The lowest BCUT2D eigenvalue weighted by atomic mass is 10.1. The molecule has 14 heavy (non-hydrogen) atoms. The Labute approximate surface area is 88.6 Å². The Bertz CT molecular complexity index is 409. The van der Waals surface area contributed by atoms with Gasteiger partial charge in [0.1, 0.15) is 4.64 Å². The molecule has 0 aromatic carbocycles. The van der Waals surface area contributed by atoms with Crippen molar-refractivity contribution in [3.8, 4) is 0 Å². The van der Waals surface area contributed by atoms with Crippen molar-refractivity contribution in [1.29, 1.82) is 5.41 Å². The van der Waals surface area contributed by atoms with Gasteiger partial charge >= 0.3 is 0 Å². The highest BCUT2D eigenvalue weighted by molar-refractivity contribution is 7.71. The Morgan fingerprint density at radius 2 is 2.21 bits per heavy atom. The summed E-state index contributed by atoms with van der Waals surface area (Å²) >= 11 is 5.14. The predicted octanol–water partition coefficient (Wildman–Crippen LogP) is 2.72. The smallest absolute Gasteiger partial charge is 0.216 e. The standard InChI is InChI=1S/C10H14N2OS/c1-4-13-9(11)8-6(2)5-7(3)12-10(8)14/h5,11H,4H2,1-3H3,(H,12,14). The molecule has 4 heteroatoms. The third kappa shape index (κ3) is 2.20. The molecule has 3 nitrogen and oxygen atoms in total. The molecular weight excluding hydrogens is 196 g/mol. The van der Waals surface area contributed by atoms with Gasteiger partial charge in [-0.2, -0.15) is 0 Å². The van der Waals surface area contributed by atoms with Gasteiger partial charge in [0.05, 0.1) is 12.2 Å². The minimum absolute atomic E-state index is 0.145. The summed E-state index contributed by atoms with van der Waals surface area (Å²) in [4.78, 5) is 3.01. The van der Waals surface area contributed by atoms with Gasteiger partial charge in [0, 0.05) is 5.69 Å². The van der Waals surface area contributed by atoms with Gasteiger partial charge in [0.25, 0.3) is 0 Å². The molecule has 0 fully saturated rings. The number of aromatic nitrogens is 1. The predicted molar refractivity (Wildman–Crippen MR) is 59.6 cm³/mol. The molecule has 0 aliphatic carbocycles. The normalized spacial score (nSPS) is 9.93. The van der Waals surface area contributed by atoms with Gasteiger partial charge in [0.2, 0.25) is 5.90 Å². The summed E-state index contributed by atoms with van der Waals surface area (Å²) in [5.41, 5.74) is 2.66. The number of hydrogen-bond acceptors (Lipinski definition) is 3. The molecule has 0 aliphatic heterocycles. The SMILES string of the molecule is CCOC(=N)c1c(C)cc(C)[nH]c1=S. The lowest BCUT2D eigenvalue weighted by molar-refractivity contribution is 0.325. The van der Waals surface area contributed by atoms with Gasteiger partial charge in [-0.3, -0.25) is 5.41 Å². The highest BCUT2D eigenvalue weighted by atomic mass is 32.1. The number of aromatic amines is 1. The third-order valence-electron chi connectivity index (χ3n) is 1.88. The first kappa shape index (κ1) is 10.9. The van der Waals surface area contributed by atoms with Crippen molar-refractivity contribution >= 4 is 18.1 Å². The molecular formula is C10H14N2OS. The molecule has 1 rings (SSSR count). The molecule has 2 N–H and O–H groups in total. The molecule has 0 amide bonds. The summed E-state index contributed by atoms with van der Waals surface area (Å²) in [6, 6.07) is 1.96. The van der Waals surface area contributed by atoms with Crippen molar-refractivity contribution in [1.82, 2.24) is 4.98 Å². The second kappa shape index (κ2) is 4.37. The van der Waals surface area contributed by atoms with Crippen molar-refractivity contribution in [2.24, 2.45) is 0 Å². The largest absolute Gasteiger partial charge is 0.478 e. The van der Waals surface area contributed by atoms with Crippen LogP contribution in [0.1, 0.15) is 23.7 Å². The van der Waals surface area contributed by atoms with E-state index in [1.165, 1.54) is 0 Å². The summed E-state index contributed by atoms with van der Waals surface area (Å²) < 4.78 is 5.70.